The summed E-state index contributed by atoms with van der Waals surface area (Å²) in [6.07, 6.45) is 4.57. The number of hydrogen-bond acceptors (Lipinski definition) is 1. The molecule has 1 N–H and O–H groups in total. The molecule has 4 heteroatoms. The van der Waals surface area contributed by atoms with Crippen molar-refractivity contribution in [3.05, 3.63) is 34.4 Å². The molecule has 0 bridgehead atoms. The van der Waals surface area contributed by atoms with Crippen LogP contribution in [0.15, 0.2) is 28.9 Å². The summed E-state index contributed by atoms with van der Waals surface area (Å²) < 4.78 is 2.97. The zero-order chi connectivity index (χ0) is 12.0. The van der Waals surface area contributed by atoms with Crippen LogP contribution in [-0.2, 0) is 6.54 Å². The smallest absolute Gasteiger partial charge is 0.336 e. The summed E-state index contributed by atoms with van der Waals surface area (Å²) in [7, 11) is 0. The lowest BCUT2D eigenvalue weighted by Crippen LogP contribution is -2.00. The molecule has 1 heterocycles. The highest BCUT2D eigenvalue weighted by Crippen LogP contribution is 2.33. The molecule has 3 nitrogen and oxygen atoms in total. The maximum atomic E-state index is 11.2. The lowest BCUT2D eigenvalue weighted by Gasteiger charge is -2.05. The summed E-state index contributed by atoms with van der Waals surface area (Å²) >= 11 is 3.38. The molecule has 0 aliphatic heterocycles. The average molecular weight is 294 g/mol. The molecule has 3 rings (SSSR count). The van der Waals surface area contributed by atoms with Crippen molar-refractivity contribution in [2.75, 3.05) is 0 Å². The molecule has 1 aromatic heterocycles. The van der Waals surface area contributed by atoms with E-state index in [-0.39, 0.29) is 0 Å². The highest BCUT2D eigenvalue weighted by molar-refractivity contribution is 9.10. The fourth-order valence-corrected chi connectivity index (χ4v) is 2.62. The van der Waals surface area contributed by atoms with Gasteiger partial charge in [0.05, 0.1) is 5.56 Å². The van der Waals surface area contributed by atoms with E-state index in [4.69, 9.17) is 0 Å². The third kappa shape index (κ3) is 1.97. The van der Waals surface area contributed by atoms with Crippen molar-refractivity contribution in [3.8, 4) is 0 Å². The zero-order valence-electron chi connectivity index (χ0n) is 9.19. The van der Waals surface area contributed by atoms with Crippen LogP contribution in [0.3, 0.4) is 0 Å². The van der Waals surface area contributed by atoms with Gasteiger partial charge in [0.1, 0.15) is 0 Å². The van der Waals surface area contributed by atoms with Gasteiger partial charge in [0.15, 0.2) is 0 Å². The number of carboxylic acids is 1. The van der Waals surface area contributed by atoms with Gasteiger partial charge in [-0.2, -0.15) is 0 Å². The van der Waals surface area contributed by atoms with Crippen LogP contribution in [-0.4, -0.2) is 15.6 Å². The van der Waals surface area contributed by atoms with Gasteiger partial charge in [-0.15, -0.1) is 0 Å². The molecule has 1 saturated carbocycles. The molecule has 1 fully saturated rings. The van der Waals surface area contributed by atoms with Gasteiger partial charge in [-0.3, -0.25) is 0 Å². The number of benzene rings is 1. The molecule has 0 saturated heterocycles. The van der Waals surface area contributed by atoms with Crippen LogP contribution in [0.4, 0.5) is 0 Å². The zero-order valence-corrected chi connectivity index (χ0v) is 10.8. The highest BCUT2D eigenvalue weighted by Gasteiger charge is 2.22. The number of nitrogens with zero attached hydrogens (tertiary/aromatic N) is 1. The summed E-state index contributed by atoms with van der Waals surface area (Å²) in [4.78, 5) is 11.2. The van der Waals surface area contributed by atoms with Crippen molar-refractivity contribution in [1.29, 1.82) is 0 Å². The lowest BCUT2D eigenvalue weighted by molar-refractivity contribution is 0.0699. The molecule has 2 aromatic rings. The second kappa shape index (κ2) is 3.88. The van der Waals surface area contributed by atoms with Crippen molar-refractivity contribution in [3.63, 3.8) is 0 Å². The van der Waals surface area contributed by atoms with Gasteiger partial charge >= 0.3 is 5.97 Å². The fraction of sp³-hybridized carbons (Fsp3) is 0.308. The first-order chi connectivity index (χ1) is 8.15. The van der Waals surface area contributed by atoms with Gasteiger partial charge in [-0.25, -0.2) is 4.79 Å². The predicted molar refractivity (Wildman–Crippen MR) is 69.3 cm³/mol. The van der Waals surface area contributed by atoms with Crippen LogP contribution in [0, 0.1) is 5.92 Å². The van der Waals surface area contributed by atoms with E-state index >= 15 is 0 Å². The molecule has 0 radical (unpaired) electrons. The van der Waals surface area contributed by atoms with E-state index in [0.717, 1.165) is 27.8 Å². The Kier molecular flexibility index (Phi) is 2.47. The van der Waals surface area contributed by atoms with Crippen molar-refractivity contribution < 1.29 is 9.90 Å². The number of carboxylic acid groups (broad SMARTS) is 1. The molecule has 17 heavy (non-hydrogen) atoms. The molecule has 0 amide bonds. The summed E-state index contributed by atoms with van der Waals surface area (Å²) in [5.41, 5.74) is 1.37. The minimum absolute atomic E-state index is 0.365. The second-order valence-corrected chi connectivity index (χ2v) is 5.52. The lowest BCUT2D eigenvalue weighted by atomic mass is 10.1. The Labute approximate surface area is 107 Å². The predicted octanol–water partition coefficient (Wildman–Crippen LogP) is 3.51. The van der Waals surface area contributed by atoms with Gasteiger partial charge in [0, 0.05) is 28.1 Å². The molecule has 1 aromatic carbocycles. The van der Waals surface area contributed by atoms with E-state index < -0.39 is 5.97 Å². The molecule has 88 valence electrons. The number of aromatic nitrogens is 1. The maximum Gasteiger partial charge on any atom is 0.336 e. The quantitative estimate of drug-likeness (QED) is 0.941. The number of aromatic carboxylic acids is 1. The Hall–Kier alpha value is -1.29. The molecular weight excluding hydrogens is 282 g/mol. The van der Waals surface area contributed by atoms with Crippen molar-refractivity contribution in [2.45, 2.75) is 19.4 Å². The Morgan fingerprint density at radius 1 is 1.47 bits per heavy atom. The van der Waals surface area contributed by atoms with Gasteiger partial charge in [-0.05, 0) is 37.0 Å². The fourth-order valence-electron chi connectivity index (χ4n) is 2.18. The molecule has 1 aliphatic rings. The number of carbonyl (C=O) groups is 1. The van der Waals surface area contributed by atoms with E-state index in [1.165, 1.54) is 12.8 Å². The molecule has 0 atom stereocenters. The third-order valence-corrected chi connectivity index (χ3v) is 3.69. The Morgan fingerprint density at radius 2 is 2.24 bits per heavy atom. The number of rotatable bonds is 3. The van der Waals surface area contributed by atoms with Crippen LogP contribution in [0.2, 0.25) is 0 Å². The summed E-state index contributed by atoms with van der Waals surface area (Å²) in [5, 5.41) is 10.0. The van der Waals surface area contributed by atoms with Gasteiger partial charge in [-0.1, -0.05) is 15.9 Å². The van der Waals surface area contributed by atoms with Gasteiger partial charge < -0.3 is 9.67 Å². The minimum atomic E-state index is -0.875. The highest BCUT2D eigenvalue weighted by atomic mass is 79.9. The number of halogens is 1. The first-order valence-corrected chi connectivity index (χ1v) is 6.46. The van der Waals surface area contributed by atoms with Gasteiger partial charge in [0.2, 0.25) is 0 Å². The van der Waals surface area contributed by atoms with Crippen LogP contribution in [0.25, 0.3) is 10.9 Å². The third-order valence-electron chi connectivity index (χ3n) is 3.24. The molecule has 0 spiro atoms. The summed E-state index contributed by atoms with van der Waals surface area (Å²) in [6, 6.07) is 5.55. The first kappa shape index (κ1) is 10.8. The van der Waals surface area contributed by atoms with Crippen LogP contribution in [0.5, 0.6) is 0 Å². The standard InChI is InChI=1S/C13H12BrNO2/c14-9-5-11(13(16)17)10-3-4-15(12(10)6-9)7-8-1-2-8/h3-6,8H,1-2,7H2,(H,16,17). The Balaban J connectivity index is 2.16. The van der Waals surface area contributed by atoms with Crippen LogP contribution in [0.1, 0.15) is 23.2 Å². The van der Waals surface area contributed by atoms with Gasteiger partial charge in [0.25, 0.3) is 0 Å². The SMILES string of the molecule is O=C(O)c1cc(Br)cc2c1ccn2CC1CC1. The molecule has 1 aliphatic carbocycles. The van der Waals surface area contributed by atoms with E-state index in [9.17, 15) is 9.90 Å². The minimum Gasteiger partial charge on any atom is -0.478 e. The largest absolute Gasteiger partial charge is 0.478 e. The molecular formula is C13H12BrNO2. The monoisotopic (exact) mass is 293 g/mol. The van der Waals surface area contributed by atoms with Crippen molar-refractivity contribution in [1.82, 2.24) is 4.57 Å². The number of hydrogen-bond donors (Lipinski definition) is 1. The normalized spacial score (nSPS) is 15.4. The van der Waals surface area contributed by atoms with Crippen molar-refractivity contribution in [2.24, 2.45) is 5.92 Å². The topological polar surface area (TPSA) is 42.2 Å². The van der Waals surface area contributed by atoms with Crippen molar-refractivity contribution >= 4 is 32.8 Å². The first-order valence-electron chi connectivity index (χ1n) is 5.67. The Bertz CT molecular complexity index is 599. The molecule has 0 unspecified atom stereocenters. The van der Waals surface area contributed by atoms with E-state index in [2.05, 4.69) is 20.5 Å². The second-order valence-electron chi connectivity index (χ2n) is 4.60. The maximum absolute atomic E-state index is 11.2. The van der Waals surface area contributed by atoms with E-state index in [0.29, 0.717) is 5.56 Å². The van der Waals surface area contributed by atoms with Crippen LogP contribution < -0.4 is 0 Å². The Morgan fingerprint density at radius 3 is 2.88 bits per heavy atom. The van der Waals surface area contributed by atoms with E-state index in [1.54, 1.807) is 6.07 Å². The average Bonchev–Trinajstić information content (AvgIpc) is 3.00. The summed E-state index contributed by atoms with van der Waals surface area (Å²) in [5.74, 6) is -0.0988. The van der Waals surface area contributed by atoms with E-state index in [1.807, 2.05) is 18.3 Å². The number of fused-ring (bicyclic) bond motifs is 1. The van der Waals surface area contributed by atoms with Crippen LogP contribution >= 0.6 is 15.9 Å². The summed E-state index contributed by atoms with van der Waals surface area (Å²) in [6.45, 7) is 0.999.